The number of carbonyl (C=O) groups excluding carboxylic acids is 1. The molecule has 1 unspecified atom stereocenters. The Labute approximate surface area is 148 Å². The molecule has 6 heteroatoms. The van der Waals surface area contributed by atoms with Gasteiger partial charge in [0.1, 0.15) is 0 Å². The Hall–Kier alpha value is -1.17. The van der Waals surface area contributed by atoms with Gasteiger partial charge in [0.15, 0.2) is 5.60 Å². The number of hydrogen-bond donors (Lipinski definition) is 0. The molecular formula is C18H26ClN3O2. The number of halogens is 1. The van der Waals surface area contributed by atoms with Crippen molar-refractivity contribution in [2.75, 3.05) is 26.2 Å². The minimum Gasteiger partial charge on any atom is -0.362 e. The molecule has 2 aliphatic heterocycles. The summed E-state index contributed by atoms with van der Waals surface area (Å²) in [4.78, 5) is 21.8. The topological polar surface area (TPSA) is 45.7 Å². The SMILES string of the molecule is CC(C)N1CCCCC2(CN(Cc3ccc(Cl)cn3)CCO2)C1=O. The number of amides is 1. The van der Waals surface area contributed by atoms with E-state index in [1.165, 1.54) is 0 Å². The van der Waals surface area contributed by atoms with Crippen molar-refractivity contribution in [1.82, 2.24) is 14.8 Å². The van der Waals surface area contributed by atoms with E-state index < -0.39 is 5.60 Å². The number of ether oxygens (including phenoxy) is 1. The van der Waals surface area contributed by atoms with Crippen LogP contribution < -0.4 is 0 Å². The number of likely N-dealkylation sites (tertiary alicyclic amines) is 1. The normalized spacial score (nSPS) is 26.2. The zero-order valence-electron chi connectivity index (χ0n) is 14.5. The van der Waals surface area contributed by atoms with Gasteiger partial charge in [-0.25, -0.2) is 0 Å². The third-order valence-electron chi connectivity index (χ3n) is 4.94. The highest BCUT2D eigenvalue weighted by Crippen LogP contribution is 2.31. The fourth-order valence-corrected chi connectivity index (χ4v) is 3.77. The summed E-state index contributed by atoms with van der Waals surface area (Å²) in [6.07, 6.45) is 4.56. The van der Waals surface area contributed by atoms with Crippen LogP contribution in [0.25, 0.3) is 0 Å². The summed E-state index contributed by atoms with van der Waals surface area (Å²) in [6, 6.07) is 4.02. The van der Waals surface area contributed by atoms with Crippen molar-refractivity contribution in [2.24, 2.45) is 0 Å². The lowest BCUT2D eigenvalue weighted by Gasteiger charge is -2.43. The number of carbonyl (C=O) groups is 1. The average molecular weight is 352 g/mol. The van der Waals surface area contributed by atoms with E-state index in [1.807, 2.05) is 17.0 Å². The standard InChI is InChI=1S/C18H26ClN3O2/c1-14(2)22-8-4-3-7-18(17(22)23)13-21(9-10-24-18)12-16-6-5-15(19)11-20-16/h5-6,11,14H,3-4,7-10,12-13H2,1-2H3. The van der Waals surface area contributed by atoms with E-state index in [4.69, 9.17) is 16.3 Å². The van der Waals surface area contributed by atoms with E-state index in [1.54, 1.807) is 6.20 Å². The molecule has 0 N–H and O–H groups in total. The molecule has 3 rings (SSSR count). The van der Waals surface area contributed by atoms with Crippen molar-refractivity contribution in [2.45, 2.75) is 51.3 Å². The maximum absolute atomic E-state index is 13.1. The number of morpholine rings is 1. The van der Waals surface area contributed by atoms with Crippen LogP contribution in [0.2, 0.25) is 5.02 Å². The lowest BCUT2D eigenvalue weighted by Crippen LogP contribution is -2.60. The van der Waals surface area contributed by atoms with Crippen LogP contribution in [0.15, 0.2) is 18.3 Å². The van der Waals surface area contributed by atoms with Crippen molar-refractivity contribution >= 4 is 17.5 Å². The molecule has 132 valence electrons. The second-order valence-electron chi connectivity index (χ2n) is 7.07. The van der Waals surface area contributed by atoms with Gasteiger partial charge in [-0.15, -0.1) is 0 Å². The highest BCUT2D eigenvalue weighted by atomic mass is 35.5. The molecule has 2 fully saturated rings. The van der Waals surface area contributed by atoms with Crippen molar-refractivity contribution in [3.8, 4) is 0 Å². The van der Waals surface area contributed by atoms with Crippen LogP contribution in [0.3, 0.4) is 0 Å². The zero-order valence-corrected chi connectivity index (χ0v) is 15.3. The zero-order chi connectivity index (χ0) is 17.2. The minimum absolute atomic E-state index is 0.156. The quantitative estimate of drug-likeness (QED) is 0.840. The highest BCUT2D eigenvalue weighted by molar-refractivity contribution is 6.30. The third kappa shape index (κ3) is 3.73. The lowest BCUT2D eigenvalue weighted by molar-refractivity contribution is -0.172. The lowest BCUT2D eigenvalue weighted by atomic mass is 9.93. The Bertz CT molecular complexity index is 578. The van der Waals surface area contributed by atoms with E-state index in [0.717, 1.165) is 44.6 Å². The summed E-state index contributed by atoms with van der Waals surface area (Å²) in [5, 5.41) is 0.642. The summed E-state index contributed by atoms with van der Waals surface area (Å²) in [5.74, 6) is 0.156. The number of hydrogen-bond acceptors (Lipinski definition) is 4. The molecule has 3 heterocycles. The van der Waals surface area contributed by atoms with E-state index >= 15 is 0 Å². The first kappa shape index (κ1) is 17.6. The van der Waals surface area contributed by atoms with Gasteiger partial charge in [-0.2, -0.15) is 0 Å². The molecule has 0 bridgehead atoms. The summed E-state index contributed by atoms with van der Waals surface area (Å²) in [7, 11) is 0. The molecule has 0 aliphatic carbocycles. The van der Waals surface area contributed by atoms with Crippen molar-refractivity contribution in [3.05, 3.63) is 29.0 Å². The Morgan fingerprint density at radius 2 is 2.17 bits per heavy atom. The van der Waals surface area contributed by atoms with Crippen LogP contribution in [-0.4, -0.2) is 58.6 Å². The summed E-state index contributed by atoms with van der Waals surface area (Å²) >= 11 is 5.91. The van der Waals surface area contributed by atoms with Gasteiger partial charge in [-0.3, -0.25) is 14.7 Å². The van der Waals surface area contributed by atoms with Gasteiger partial charge in [-0.1, -0.05) is 11.6 Å². The van der Waals surface area contributed by atoms with Crippen LogP contribution in [0, 0.1) is 0 Å². The first-order valence-corrected chi connectivity index (χ1v) is 9.16. The summed E-state index contributed by atoms with van der Waals surface area (Å²) < 4.78 is 6.09. The fraction of sp³-hybridized carbons (Fsp3) is 0.667. The molecule has 2 aliphatic rings. The van der Waals surface area contributed by atoms with Gasteiger partial charge >= 0.3 is 0 Å². The Balaban J connectivity index is 1.75. The Kier molecular flexibility index (Phi) is 5.42. The van der Waals surface area contributed by atoms with Gasteiger partial charge in [0, 0.05) is 38.4 Å². The molecule has 0 aromatic carbocycles. The molecule has 0 radical (unpaired) electrons. The van der Waals surface area contributed by atoms with Crippen molar-refractivity contribution < 1.29 is 9.53 Å². The smallest absolute Gasteiger partial charge is 0.256 e. The van der Waals surface area contributed by atoms with E-state index in [0.29, 0.717) is 18.2 Å². The highest BCUT2D eigenvalue weighted by Gasteiger charge is 2.47. The second kappa shape index (κ2) is 7.38. The number of aromatic nitrogens is 1. The molecule has 2 saturated heterocycles. The van der Waals surface area contributed by atoms with Crippen LogP contribution in [-0.2, 0) is 16.1 Å². The molecule has 1 aromatic rings. The number of pyridine rings is 1. The number of nitrogens with zero attached hydrogens (tertiary/aromatic N) is 3. The van der Waals surface area contributed by atoms with Crippen LogP contribution in [0.1, 0.15) is 38.8 Å². The molecule has 1 spiro atoms. The van der Waals surface area contributed by atoms with E-state index in [9.17, 15) is 4.79 Å². The van der Waals surface area contributed by atoms with Gasteiger partial charge in [0.2, 0.25) is 0 Å². The molecular weight excluding hydrogens is 326 g/mol. The van der Waals surface area contributed by atoms with Crippen molar-refractivity contribution in [1.29, 1.82) is 0 Å². The second-order valence-corrected chi connectivity index (χ2v) is 7.51. The van der Waals surface area contributed by atoms with Crippen molar-refractivity contribution in [3.63, 3.8) is 0 Å². The first-order valence-electron chi connectivity index (χ1n) is 8.78. The predicted octanol–water partition coefficient (Wildman–Crippen LogP) is 2.73. The average Bonchev–Trinajstić information content (AvgIpc) is 2.70. The maximum atomic E-state index is 13.1. The molecule has 1 amide bonds. The molecule has 1 atom stereocenters. The largest absolute Gasteiger partial charge is 0.362 e. The molecule has 1 aromatic heterocycles. The predicted molar refractivity (Wildman–Crippen MR) is 93.9 cm³/mol. The van der Waals surface area contributed by atoms with Gasteiger partial charge in [0.05, 0.1) is 17.3 Å². The van der Waals surface area contributed by atoms with Gasteiger partial charge in [-0.05, 0) is 45.2 Å². The first-order chi connectivity index (χ1) is 11.5. The van der Waals surface area contributed by atoms with Gasteiger partial charge < -0.3 is 9.64 Å². The van der Waals surface area contributed by atoms with Crippen LogP contribution in [0.4, 0.5) is 0 Å². The third-order valence-corrected chi connectivity index (χ3v) is 5.17. The monoisotopic (exact) mass is 351 g/mol. The molecule has 5 nitrogen and oxygen atoms in total. The minimum atomic E-state index is -0.689. The van der Waals surface area contributed by atoms with Gasteiger partial charge in [0.25, 0.3) is 5.91 Å². The fourth-order valence-electron chi connectivity index (χ4n) is 3.66. The van der Waals surface area contributed by atoms with E-state index in [-0.39, 0.29) is 11.9 Å². The summed E-state index contributed by atoms with van der Waals surface area (Å²) in [5.41, 5.74) is 0.282. The van der Waals surface area contributed by atoms with Crippen LogP contribution >= 0.6 is 11.6 Å². The van der Waals surface area contributed by atoms with E-state index in [2.05, 4.69) is 23.7 Å². The molecule has 24 heavy (non-hydrogen) atoms. The summed E-state index contributed by atoms with van der Waals surface area (Å²) in [6.45, 7) is 7.76. The van der Waals surface area contributed by atoms with Crippen LogP contribution in [0.5, 0.6) is 0 Å². The maximum Gasteiger partial charge on any atom is 0.256 e. The number of rotatable bonds is 3. The Morgan fingerprint density at radius 1 is 1.33 bits per heavy atom. The molecule has 0 saturated carbocycles. The Morgan fingerprint density at radius 3 is 2.88 bits per heavy atom.